The molecule has 1 aliphatic rings. The molecule has 0 aliphatic heterocycles. The van der Waals surface area contributed by atoms with E-state index in [1.807, 2.05) is 39.0 Å². The summed E-state index contributed by atoms with van der Waals surface area (Å²) in [5.74, 6) is -2.10. The van der Waals surface area contributed by atoms with Crippen molar-refractivity contribution in [1.29, 1.82) is 0 Å². The Morgan fingerprint density at radius 3 is 2.34 bits per heavy atom. The Morgan fingerprint density at radius 2 is 1.71 bits per heavy atom. The highest BCUT2D eigenvalue weighted by molar-refractivity contribution is 6.06. The molecule has 0 radical (unpaired) electrons. The minimum absolute atomic E-state index is 0.0213. The lowest BCUT2D eigenvalue weighted by Crippen LogP contribution is -2.16. The number of rotatable bonds is 8. The summed E-state index contributed by atoms with van der Waals surface area (Å²) in [6, 6.07) is 12.7. The van der Waals surface area contributed by atoms with Gasteiger partial charge in [0.2, 0.25) is 0 Å². The summed E-state index contributed by atoms with van der Waals surface area (Å²) < 4.78 is 32.6. The van der Waals surface area contributed by atoms with E-state index in [1.165, 1.54) is 12.1 Å². The Hall–Kier alpha value is -3.74. The maximum Gasteiger partial charge on any atom is 0.307 e. The first-order valence-corrected chi connectivity index (χ1v) is 11.5. The van der Waals surface area contributed by atoms with Crippen LogP contribution in [0.4, 0.5) is 14.5 Å². The molecule has 0 aromatic heterocycles. The van der Waals surface area contributed by atoms with Gasteiger partial charge in [-0.05, 0) is 85.2 Å². The highest BCUT2D eigenvalue weighted by atomic mass is 19.1. The number of ether oxygens (including phenoxy) is 1. The van der Waals surface area contributed by atoms with Crippen molar-refractivity contribution in [2.24, 2.45) is 5.92 Å². The van der Waals surface area contributed by atoms with E-state index in [9.17, 15) is 23.5 Å². The Kier molecular flexibility index (Phi) is 6.87. The molecule has 0 heterocycles. The second-order valence-corrected chi connectivity index (χ2v) is 9.08. The number of halogens is 2. The van der Waals surface area contributed by atoms with Gasteiger partial charge in [-0.25, -0.2) is 8.78 Å². The molecule has 2 N–H and O–H groups in total. The predicted octanol–water partition coefficient (Wildman–Crippen LogP) is 5.95. The number of amides is 1. The molecule has 7 heteroatoms. The Balaban J connectivity index is 1.44. The van der Waals surface area contributed by atoms with Gasteiger partial charge in [-0.1, -0.05) is 18.2 Å². The number of carbonyl (C=O) groups is 2. The summed E-state index contributed by atoms with van der Waals surface area (Å²) in [5, 5.41) is 12.2. The van der Waals surface area contributed by atoms with Crippen LogP contribution in [0.3, 0.4) is 0 Å². The van der Waals surface area contributed by atoms with E-state index >= 15 is 0 Å². The van der Waals surface area contributed by atoms with Crippen molar-refractivity contribution in [3.05, 3.63) is 93.5 Å². The van der Waals surface area contributed by atoms with E-state index < -0.39 is 17.6 Å². The maximum atomic E-state index is 13.8. The minimum atomic E-state index is -0.794. The molecule has 0 spiro atoms. The quantitative estimate of drug-likeness (QED) is 0.419. The van der Waals surface area contributed by atoms with E-state index in [-0.39, 0.29) is 30.8 Å². The summed E-state index contributed by atoms with van der Waals surface area (Å²) in [6.07, 6.45) is 0.894. The molecular formula is C28H27F2NO4. The fourth-order valence-electron chi connectivity index (χ4n) is 4.39. The Morgan fingerprint density at radius 1 is 1.00 bits per heavy atom. The molecule has 0 unspecified atom stereocenters. The van der Waals surface area contributed by atoms with Crippen LogP contribution in [0.5, 0.6) is 5.75 Å². The van der Waals surface area contributed by atoms with Crippen LogP contribution in [-0.2, 0) is 11.2 Å². The molecule has 3 aromatic rings. The zero-order valence-electron chi connectivity index (χ0n) is 19.8. The first-order chi connectivity index (χ1) is 16.6. The summed E-state index contributed by atoms with van der Waals surface area (Å²) >= 11 is 0. The first kappa shape index (κ1) is 24.4. The number of aliphatic carboxylic acids is 1. The Bertz CT molecular complexity index is 1280. The molecule has 1 fully saturated rings. The molecule has 3 aromatic carbocycles. The third-order valence-electron chi connectivity index (χ3n) is 6.43. The SMILES string of the molecule is Cc1ccc([C@H]2C[C@H]2C(=O)O)cc1NC(=O)c1c(C)cc(OCCc2ccc(F)cc2F)cc1C. The number of hydrogen-bond donors (Lipinski definition) is 2. The fraction of sp³-hybridized carbons (Fsp3) is 0.286. The molecule has 35 heavy (non-hydrogen) atoms. The van der Waals surface area contributed by atoms with Crippen LogP contribution in [0.2, 0.25) is 0 Å². The third kappa shape index (κ3) is 5.50. The highest BCUT2D eigenvalue weighted by Crippen LogP contribution is 2.48. The van der Waals surface area contributed by atoms with E-state index in [1.54, 1.807) is 12.1 Å². The zero-order chi connectivity index (χ0) is 25.3. The van der Waals surface area contributed by atoms with Crippen LogP contribution in [0.15, 0.2) is 48.5 Å². The highest BCUT2D eigenvalue weighted by Gasteiger charge is 2.44. The predicted molar refractivity (Wildman–Crippen MR) is 129 cm³/mol. The molecule has 1 amide bonds. The molecule has 0 bridgehead atoms. The van der Waals surface area contributed by atoms with E-state index in [0.717, 1.165) is 28.3 Å². The molecule has 1 aliphatic carbocycles. The number of aryl methyl sites for hydroxylation is 3. The van der Waals surface area contributed by atoms with Gasteiger partial charge in [-0.3, -0.25) is 9.59 Å². The minimum Gasteiger partial charge on any atom is -0.493 e. The molecule has 4 rings (SSSR count). The average molecular weight is 480 g/mol. The monoisotopic (exact) mass is 479 g/mol. The molecule has 2 atom stereocenters. The van der Waals surface area contributed by atoms with Gasteiger partial charge in [0.05, 0.1) is 12.5 Å². The van der Waals surface area contributed by atoms with Crippen LogP contribution in [0.1, 0.15) is 50.5 Å². The number of hydrogen-bond acceptors (Lipinski definition) is 3. The van der Waals surface area contributed by atoms with E-state index in [4.69, 9.17) is 4.74 Å². The fourth-order valence-corrected chi connectivity index (χ4v) is 4.39. The van der Waals surface area contributed by atoms with Crippen molar-refractivity contribution in [2.75, 3.05) is 11.9 Å². The number of benzene rings is 3. The lowest BCUT2D eigenvalue weighted by atomic mass is 10.0. The van der Waals surface area contributed by atoms with Gasteiger partial charge < -0.3 is 15.2 Å². The van der Waals surface area contributed by atoms with Gasteiger partial charge in [-0.2, -0.15) is 0 Å². The van der Waals surface area contributed by atoms with Crippen LogP contribution in [-0.4, -0.2) is 23.6 Å². The van der Waals surface area contributed by atoms with Crippen LogP contribution >= 0.6 is 0 Å². The number of anilines is 1. The first-order valence-electron chi connectivity index (χ1n) is 11.5. The molecule has 5 nitrogen and oxygen atoms in total. The van der Waals surface area contributed by atoms with E-state index in [2.05, 4.69) is 5.32 Å². The van der Waals surface area contributed by atoms with Crippen molar-refractivity contribution in [2.45, 2.75) is 39.5 Å². The van der Waals surface area contributed by atoms with Crippen molar-refractivity contribution >= 4 is 17.6 Å². The molecule has 182 valence electrons. The maximum absolute atomic E-state index is 13.8. The number of nitrogens with one attached hydrogen (secondary N) is 1. The summed E-state index contributed by atoms with van der Waals surface area (Å²) in [6.45, 7) is 5.73. The van der Waals surface area contributed by atoms with Crippen molar-refractivity contribution in [3.8, 4) is 5.75 Å². The largest absolute Gasteiger partial charge is 0.493 e. The summed E-state index contributed by atoms with van der Waals surface area (Å²) in [5.41, 5.74) is 4.81. The molecule has 1 saturated carbocycles. The zero-order valence-corrected chi connectivity index (χ0v) is 19.8. The third-order valence-corrected chi connectivity index (χ3v) is 6.43. The van der Waals surface area contributed by atoms with Gasteiger partial charge in [0, 0.05) is 23.7 Å². The van der Waals surface area contributed by atoms with Gasteiger partial charge in [0.25, 0.3) is 5.91 Å². The topological polar surface area (TPSA) is 75.6 Å². The van der Waals surface area contributed by atoms with Crippen molar-refractivity contribution in [1.82, 2.24) is 0 Å². The summed E-state index contributed by atoms with van der Waals surface area (Å²) in [4.78, 5) is 24.4. The molecular weight excluding hydrogens is 452 g/mol. The van der Waals surface area contributed by atoms with Crippen LogP contribution < -0.4 is 10.1 Å². The van der Waals surface area contributed by atoms with Crippen LogP contribution in [0, 0.1) is 38.3 Å². The average Bonchev–Trinajstić information content (AvgIpc) is 3.58. The normalized spacial score (nSPS) is 16.6. The standard InChI is InChI=1S/C28H27F2NO4/c1-15-4-5-19(22-14-23(22)28(33)34)12-25(15)31-27(32)26-16(2)10-21(11-17(26)3)35-9-8-18-6-7-20(29)13-24(18)30/h4-7,10-13,22-23H,8-9,14H2,1-3H3,(H,31,32)(H,33,34)/t22-,23-/m1/s1. The second-order valence-electron chi connectivity index (χ2n) is 9.08. The van der Waals surface area contributed by atoms with Crippen molar-refractivity contribution < 1.29 is 28.2 Å². The lowest BCUT2D eigenvalue weighted by molar-refractivity contribution is -0.138. The van der Waals surface area contributed by atoms with Gasteiger partial charge in [0.1, 0.15) is 17.4 Å². The number of carboxylic acids is 1. The van der Waals surface area contributed by atoms with Crippen LogP contribution in [0.25, 0.3) is 0 Å². The van der Waals surface area contributed by atoms with Crippen molar-refractivity contribution in [3.63, 3.8) is 0 Å². The molecule has 0 saturated heterocycles. The Labute approximate surface area is 202 Å². The number of carboxylic acid groups (broad SMARTS) is 1. The summed E-state index contributed by atoms with van der Waals surface area (Å²) in [7, 11) is 0. The smallest absolute Gasteiger partial charge is 0.307 e. The number of carbonyl (C=O) groups excluding carboxylic acids is 1. The van der Waals surface area contributed by atoms with Gasteiger partial charge in [0.15, 0.2) is 0 Å². The van der Waals surface area contributed by atoms with E-state index in [0.29, 0.717) is 29.0 Å². The van der Waals surface area contributed by atoms with Gasteiger partial charge in [-0.15, -0.1) is 0 Å². The lowest BCUT2D eigenvalue weighted by Gasteiger charge is -2.15. The second kappa shape index (κ2) is 9.86. The van der Waals surface area contributed by atoms with Gasteiger partial charge >= 0.3 is 5.97 Å².